The van der Waals surface area contributed by atoms with Crippen LogP contribution in [0.3, 0.4) is 0 Å². The van der Waals surface area contributed by atoms with E-state index in [0.29, 0.717) is 0 Å². The van der Waals surface area contributed by atoms with Crippen LogP contribution < -0.4 is 10.1 Å². The Balaban J connectivity index is 1.61. The minimum Gasteiger partial charge on any atom is -0.495 e. The first-order chi connectivity index (χ1) is 9.85. The van der Waals surface area contributed by atoms with E-state index in [4.69, 9.17) is 9.15 Å². The van der Waals surface area contributed by atoms with Gasteiger partial charge in [0.1, 0.15) is 11.3 Å². The summed E-state index contributed by atoms with van der Waals surface area (Å²) in [6.07, 6.45) is 5.26. The molecule has 2 heterocycles. The van der Waals surface area contributed by atoms with E-state index in [-0.39, 0.29) is 0 Å². The van der Waals surface area contributed by atoms with E-state index in [0.717, 1.165) is 35.4 Å². The number of methoxy groups -OCH3 is 1. The highest BCUT2D eigenvalue weighted by atomic mass is 16.5. The second-order valence-electron chi connectivity index (χ2n) is 4.63. The van der Waals surface area contributed by atoms with Crippen LogP contribution >= 0.6 is 0 Å². The van der Waals surface area contributed by atoms with Crippen LogP contribution in [-0.4, -0.2) is 12.1 Å². The van der Waals surface area contributed by atoms with E-state index < -0.39 is 0 Å². The second-order valence-corrected chi connectivity index (χ2v) is 4.63. The molecule has 3 aromatic rings. The fraction of sp³-hybridized carbons (Fsp3) is 0.188. The number of furan rings is 1. The van der Waals surface area contributed by atoms with E-state index in [1.54, 1.807) is 19.6 Å². The van der Waals surface area contributed by atoms with Crippen LogP contribution in [0.1, 0.15) is 11.1 Å². The minimum absolute atomic E-state index is 0.758. The molecular weight excluding hydrogens is 252 g/mol. The van der Waals surface area contributed by atoms with Crippen LogP contribution in [-0.2, 0) is 13.1 Å². The van der Waals surface area contributed by atoms with Crippen molar-refractivity contribution >= 4 is 11.0 Å². The van der Waals surface area contributed by atoms with Gasteiger partial charge < -0.3 is 14.5 Å². The van der Waals surface area contributed by atoms with Gasteiger partial charge >= 0.3 is 0 Å². The number of hydrogen-bond acceptors (Lipinski definition) is 4. The van der Waals surface area contributed by atoms with Gasteiger partial charge in [-0.15, -0.1) is 0 Å². The van der Waals surface area contributed by atoms with Gasteiger partial charge in [0, 0.05) is 24.7 Å². The van der Waals surface area contributed by atoms with Crippen molar-refractivity contribution in [2.24, 2.45) is 0 Å². The topological polar surface area (TPSA) is 47.3 Å². The molecule has 0 aliphatic heterocycles. The second kappa shape index (κ2) is 5.75. The van der Waals surface area contributed by atoms with Gasteiger partial charge in [0.25, 0.3) is 0 Å². The molecule has 0 saturated heterocycles. The van der Waals surface area contributed by atoms with Crippen molar-refractivity contribution in [3.63, 3.8) is 0 Å². The van der Waals surface area contributed by atoms with Crippen LogP contribution in [0.4, 0.5) is 0 Å². The first-order valence-corrected chi connectivity index (χ1v) is 6.50. The third-order valence-corrected chi connectivity index (χ3v) is 3.18. The molecule has 1 aromatic carbocycles. The van der Waals surface area contributed by atoms with Crippen LogP contribution in [0.2, 0.25) is 0 Å². The summed E-state index contributed by atoms with van der Waals surface area (Å²) in [5.74, 6) is 0.782. The maximum atomic E-state index is 5.33. The van der Waals surface area contributed by atoms with Gasteiger partial charge in [0.05, 0.1) is 19.6 Å². The lowest BCUT2D eigenvalue weighted by atomic mass is 10.1. The summed E-state index contributed by atoms with van der Waals surface area (Å²) in [6.45, 7) is 1.56. The Morgan fingerprint density at radius 2 is 2.00 bits per heavy atom. The van der Waals surface area contributed by atoms with Crippen molar-refractivity contribution in [3.8, 4) is 5.75 Å². The number of benzene rings is 1. The highest BCUT2D eigenvalue weighted by Gasteiger charge is 2.00. The van der Waals surface area contributed by atoms with Crippen molar-refractivity contribution in [1.82, 2.24) is 10.3 Å². The zero-order valence-electron chi connectivity index (χ0n) is 11.3. The quantitative estimate of drug-likeness (QED) is 0.772. The van der Waals surface area contributed by atoms with E-state index in [2.05, 4.69) is 22.4 Å². The number of aromatic nitrogens is 1. The number of fused-ring (bicyclic) bond motifs is 1. The molecule has 4 heteroatoms. The molecule has 0 fully saturated rings. The molecule has 20 heavy (non-hydrogen) atoms. The maximum absolute atomic E-state index is 5.33. The first-order valence-electron chi connectivity index (χ1n) is 6.50. The van der Waals surface area contributed by atoms with Crippen molar-refractivity contribution in [1.29, 1.82) is 0 Å². The van der Waals surface area contributed by atoms with E-state index in [9.17, 15) is 0 Å². The summed E-state index contributed by atoms with van der Waals surface area (Å²) >= 11 is 0. The molecule has 102 valence electrons. The molecule has 4 nitrogen and oxygen atoms in total. The molecule has 0 amide bonds. The number of nitrogens with one attached hydrogen (secondary N) is 1. The number of pyridine rings is 1. The van der Waals surface area contributed by atoms with Gasteiger partial charge in [-0.2, -0.15) is 0 Å². The highest BCUT2D eigenvalue weighted by Crippen LogP contribution is 2.17. The van der Waals surface area contributed by atoms with Gasteiger partial charge in [0.15, 0.2) is 0 Å². The SMILES string of the molecule is COc1cncc(CNCc2ccc3occc3c2)c1. The Kier molecular flexibility index (Phi) is 3.65. The predicted octanol–water partition coefficient (Wildman–Crippen LogP) is 3.13. The fourth-order valence-electron chi connectivity index (χ4n) is 2.15. The molecular formula is C16H16N2O2. The first kappa shape index (κ1) is 12.7. The van der Waals surface area contributed by atoms with Crippen LogP contribution in [0, 0.1) is 0 Å². The molecule has 2 aromatic heterocycles. The van der Waals surface area contributed by atoms with Gasteiger partial charge in [0.2, 0.25) is 0 Å². The zero-order valence-corrected chi connectivity index (χ0v) is 11.3. The van der Waals surface area contributed by atoms with Gasteiger partial charge in [-0.3, -0.25) is 4.98 Å². The van der Waals surface area contributed by atoms with Crippen LogP contribution in [0.25, 0.3) is 11.0 Å². The van der Waals surface area contributed by atoms with Gasteiger partial charge in [-0.05, 0) is 35.4 Å². The molecule has 1 N–H and O–H groups in total. The normalized spacial score (nSPS) is 10.8. The Bertz CT molecular complexity index is 706. The molecule has 0 aliphatic carbocycles. The smallest absolute Gasteiger partial charge is 0.137 e. The predicted molar refractivity (Wildman–Crippen MR) is 77.5 cm³/mol. The van der Waals surface area contributed by atoms with Crippen LogP contribution in [0.15, 0.2) is 53.4 Å². The maximum Gasteiger partial charge on any atom is 0.137 e. The van der Waals surface area contributed by atoms with Gasteiger partial charge in [-0.25, -0.2) is 0 Å². The Morgan fingerprint density at radius 3 is 2.90 bits per heavy atom. The van der Waals surface area contributed by atoms with Crippen molar-refractivity contribution in [2.45, 2.75) is 13.1 Å². The number of hydrogen-bond donors (Lipinski definition) is 1. The largest absolute Gasteiger partial charge is 0.495 e. The number of nitrogens with zero attached hydrogens (tertiary/aromatic N) is 1. The lowest BCUT2D eigenvalue weighted by Gasteiger charge is -2.06. The number of ether oxygens (including phenoxy) is 1. The van der Waals surface area contributed by atoms with E-state index >= 15 is 0 Å². The summed E-state index contributed by atoms with van der Waals surface area (Å²) < 4.78 is 10.5. The molecule has 0 unspecified atom stereocenters. The van der Waals surface area contributed by atoms with Crippen molar-refractivity contribution in [3.05, 3.63) is 60.1 Å². The van der Waals surface area contributed by atoms with E-state index in [1.165, 1.54) is 5.56 Å². The highest BCUT2D eigenvalue weighted by molar-refractivity contribution is 5.77. The fourth-order valence-corrected chi connectivity index (χ4v) is 2.15. The van der Waals surface area contributed by atoms with E-state index in [1.807, 2.05) is 24.4 Å². The molecule has 0 atom stereocenters. The standard InChI is InChI=1S/C16H16N2O2/c1-19-15-7-13(10-18-11-15)9-17-8-12-2-3-16-14(6-12)4-5-20-16/h2-7,10-11,17H,8-9H2,1H3. The average Bonchev–Trinajstić information content (AvgIpc) is 2.95. The molecule has 0 radical (unpaired) electrons. The molecule has 0 saturated carbocycles. The summed E-state index contributed by atoms with van der Waals surface area (Å²) in [7, 11) is 1.65. The van der Waals surface area contributed by atoms with Crippen molar-refractivity contribution in [2.75, 3.05) is 7.11 Å². The molecule has 3 rings (SSSR count). The molecule has 0 spiro atoms. The Labute approximate surface area is 117 Å². The third kappa shape index (κ3) is 2.81. The molecule has 0 bridgehead atoms. The Morgan fingerprint density at radius 1 is 1.10 bits per heavy atom. The summed E-state index contributed by atoms with van der Waals surface area (Å²) in [4.78, 5) is 4.14. The Hall–Kier alpha value is -2.33. The summed E-state index contributed by atoms with van der Waals surface area (Å²) in [5.41, 5.74) is 3.26. The lowest BCUT2D eigenvalue weighted by Crippen LogP contribution is -2.12. The van der Waals surface area contributed by atoms with Crippen molar-refractivity contribution < 1.29 is 9.15 Å². The summed E-state index contributed by atoms with van der Waals surface area (Å²) in [5, 5.41) is 4.53. The zero-order chi connectivity index (χ0) is 13.8. The third-order valence-electron chi connectivity index (χ3n) is 3.18. The van der Waals surface area contributed by atoms with Gasteiger partial charge in [-0.1, -0.05) is 6.07 Å². The lowest BCUT2D eigenvalue weighted by molar-refractivity contribution is 0.412. The molecule has 0 aliphatic rings. The average molecular weight is 268 g/mol. The van der Waals surface area contributed by atoms with Crippen LogP contribution in [0.5, 0.6) is 5.75 Å². The number of rotatable bonds is 5. The minimum atomic E-state index is 0.758. The monoisotopic (exact) mass is 268 g/mol. The summed E-state index contributed by atoms with van der Waals surface area (Å²) in [6, 6.07) is 10.2.